The number of ether oxygens (including phenoxy) is 1. The van der Waals surface area contributed by atoms with E-state index in [9.17, 15) is 9.90 Å². The molecule has 1 atom stereocenters. The Morgan fingerprint density at radius 2 is 1.77 bits per heavy atom. The van der Waals surface area contributed by atoms with Gasteiger partial charge in [-0.1, -0.05) is 59.6 Å². The molecule has 0 radical (unpaired) electrons. The van der Waals surface area contributed by atoms with E-state index >= 15 is 0 Å². The smallest absolute Gasteiger partial charge is 0.273 e. The van der Waals surface area contributed by atoms with Crippen LogP contribution in [0.3, 0.4) is 0 Å². The van der Waals surface area contributed by atoms with Crippen molar-refractivity contribution in [3.63, 3.8) is 0 Å². The molecule has 0 aliphatic carbocycles. The van der Waals surface area contributed by atoms with Gasteiger partial charge in [0.15, 0.2) is 6.10 Å². The second-order valence-electron chi connectivity index (χ2n) is 6.39. The van der Waals surface area contributed by atoms with Gasteiger partial charge < -0.3 is 9.84 Å². The molecule has 9 heteroatoms. The van der Waals surface area contributed by atoms with Gasteiger partial charge in [-0.05, 0) is 80.6 Å². The summed E-state index contributed by atoms with van der Waals surface area (Å²) < 4.78 is 7.73. The summed E-state index contributed by atoms with van der Waals surface area (Å²) in [5, 5.41) is 15.2. The first-order valence-electron chi connectivity index (χ1n) is 8.97. The maximum absolute atomic E-state index is 12.1. The number of carbonyl (C=O) groups is 1. The van der Waals surface area contributed by atoms with Gasteiger partial charge in [-0.3, -0.25) is 4.79 Å². The average Bonchev–Trinajstić information content (AvgIpc) is 2.74. The van der Waals surface area contributed by atoms with E-state index in [2.05, 4.69) is 55.7 Å². The maximum atomic E-state index is 12.1. The molecule has 3 aromatic carbocycles. The Balaban J connectivity index is 1.63. The fourth-order valence-corrected chi connectivity index (χ4v) is 5.19. The SMILES string of the molecule is O=C(N/N=C\c1cc(I)c(OCc2ccc(Cl)cc2Cl)c(I)c1)[C@@H](O)c1ccccc1. The third-order valence-electron chi connectivity index (χ3n) is 4.16. The van der Waals surface area contributed by atoms with Crippen LogP contribution in [0.4, 0.5) is 0 Å². The Labute approximate surface area is 217 Å². The normalized spacial score (nSPS) is 12.0. The number of aliphatic hydroxyl groups is 1. The molecular weight excluding hydrogens is 665 g/mol. The fraction of sp³-hybridized carbons (Fsp3) is 0.0909. The number of hydrogen-bond acceptors (Lipinski definition) is 4. The van der Waals surface area contributed by atoms with Crippen LogP contribution in [0.25, 0.3) is 0 Å². The third-order valence-corrected chi connectivity index (χ3v) is 6.35. The molecule has 0 aliphatic rings. The first kappa shape index (κ1) is 24.2. The second-order valence-corrected chi connectivity index (χ2v) is 9.55. The zero-order valence-corrected chi connectivity index (χ0v) is 21.7. The lowest BCUT2D eigenvalue weighted by atomic mass is 10.1. The number of hydrogen-bond donors (Lipinski definition) is 2. The minimum atomic E-state index is -1.28. The number of halogens is 4. The van der Waals surface area contributed by atoms with Crippen LogP contribution in [-0.4, -0.2) is 17.2 Å². The largest absolute Gasteiger partial charge is 0.487 e. The van der Waals surface area contributed by atoms with Crippen molar-refractivity contribution in [2.45, 2.75) is 12.7 Å². The lowest BCUT2D eigenvalue weighted by molar-refractivity contribution is -0.129. The molecule has 31 heavy (non-hydrogen) atoms. The van der Waals surface area contributed by atoms with E-state index in [4.69, 9.17) is 27.9 Å². The topological polar surface area (TPSA) is 70.9 Å². The third kappa shape index (κ3) is 6.79. The highest BCUT2D eigenvalue weighted by Crippen LogP contribution is 2.30. The quantitative estimate of drug-likeness (QED) is 0.184. The zero-order chi connectivity index (χ0) is 22.4. The van der Waals surface area contributed by atoms with Crippen molar-refractivity contribution >= 4 is 80.5 Å². The van der Waals surface area contributed by atoms with Gasteiger partial charge >= 0.3 is 0 Å². The number of hydrazone groups is 1. The van der Waals surface area contributed by atoms with Crippen molar-refractivity contribution in [3.8, 4) is 5.75 Å². The summed E-state index contributed by atoms with van der Waals surface area (Å²) in [5.74, 6) is 0.125. The molecule has 3 aromatic rings. The molecule has 0 bridgehead atoms. The highest BCUT2D eigenvalue weighted by Gasteiger charge is 2.16. The Kier molecular flexibility index (Phi) is 8.96. The maximum Gasteiger partial charge on any atom is 0.273 e. The van der Waals surface area contributed by atoms with E-state index in [-0.39, 0.29) is 0 Å². The molecule has 0 saturated carbocycles. The predicted octanol–water partition coefficient (Wildman–Crippen LogP) is 5.97. The summed E-state index contributed by atoms with van der Waals surface area (Å²) in [6, 6.07) is 17.7. The number of nitrogens with one attached hydrogen (secondary N) is 1. The predicted molar refractivity (Wildman–Crippen MR) is 140 cm³/mol. The highest BCUT2D eigenvalue weighted by molar-refractivity contribution is 14.1. The van der Waals surface area contributed by atoms with Gasteiger partial charge in [0, 0.05) is 15.6 Å². The Bertz CT molecular complexity index is 1090. The van der Waals surface area contributed by atoms with Crippen LogP contribution in [0.2, 0.25) is 10.0 Å². The summed E-state index contributed by atoms with van der Waals surface area (Å²) in [7, 11) is 0. The molecule has 2 N–H and O–H groups in total. The molecule has 3 rings (SSSR count). The van der Waals surface area contributed by atoms with Gasteiger partial charge in [-0.2, -0.15) is 5.10 Å². The van der Waals surface area contributed by atoms with Crippen LogP contribution in [-0.2, 0) is 11.4 Å². The number of nitrogens with zero attached hydrogens (tertiary/aromatic N) is 1. The molecule has 160 valence electrons. The standard InChI is InChI=1S/C22H16Cl2I2N2O3/c23-16-7-6-15(17(24)10-16)12-31-21-18(25)8-13(9-19(21)26)11-27-28-22(30)20(29)14-4-2-1-3-5-14/h1-11,20,29H,12H2,(H,28,30)/b27-11-/t20-/m0/s1. The molecule has 0 fully saturated rings. The molecule has 5 nitrogen and oxygen atoms in total. The van der Waals surface area contributed by atoms with Gasteiger partial charge in [0.05, 0.1) is 13.4 Å². The van der Waals surface area contributed by atoms with Crippen LogP contribution in [0, 0.1) is 7.14 Å². The van der Waals surface area contributed by atoms with Crippen LogP contribution < -0.4 is 10.2 Å². The molecule has 0 spiro atoms. The van der Waals surface area contributed by atoms with Crippen LogP contribution >= 0.6 is 68.4 Å². The monoisotopic (exact) mass is 680 g/mol. The molecule has 0 saturated heterocycles. The van der Waals surface area contributed by atoms with Gasteiger partial charge in [0.1, 0.15) is 12.4 Å². The number of amides is 1. The van der Waals surface area contributed by atoms with Crippen LogP contribution in [0.1, 0.15) is 22.8 Å². The lowest BCUT2D eigenvalue weighted by Gasteiger charge is -2.12. The van der Waals surface area contributed by atoms with E-state index < -0.39 is 12.0 Å². The van der Waals surface area contributed by atoms with Gasteiger partial charge in [-0.25, -0.2) is 5.43 Å². The molecular formula is C22H16Cl2I2N2O3. The van der Waals surface area contributed by atoms with Crippen molar-refractivity contribution in [2.24, 2.45) is 5.10 Å². The van der Waals surface area contributed by atoms with E-state index in [1.807, 2.05) is 24.3 Å². The minimum absolute atomic E-state index is 0.308. The van der Waals surface area contributed by atoms with E-state index in [1.165, 1.54) is 6.21 Å². The zero-order valence-electron chi connectivity index (χ0n) is 15.9. The molecule has 0 aliphatic heterocycles. The Morgan fingerprint density at radius 1 is 1.10 bits per heavy atom. The summed E-state index contributed by atoms with van der Waals surface area (Å²) in [5.41, 5.74) is 4.47. The molecule has 0 aromatic heterocycles. The first-order chi connectivity index (χ1) is 14.8. The van der Waals surface area contributed by atoms with Crippen molar-refractivity contribution in [1.29, 1.82) is 0 Å². The van der Waals surface area contributed by atoms with Crippen molar-refractivity contribution in [3.05, 3.63) is 94.5 Å². The fourth-order valence-electron chi connectivity index (χ4n) is 2.60. The molecule has 0 unspecified atom stereocenters. The summed E-state index contributed by atoms with van der Waals surface area (Å²) in [6.07, 6.45) is 0.230. The minimum Gasteiger partial charge on any atom is -0.487 e. The van der Waals surface area contributed by atoms with Crippen molar-refractivity contribution < 1.29 is 14.6 Å². The number of rotatable bonds is 7. The summed E-state index contributed by atoms with van der Waals surface area (Å²) in [4.78, 5) is 12.1. The summed E-state index contributed by atoms with van der Waals surface area (Å²) in [6.45, 7) is 0.308. The highest BCUT2D eigenvalue weighted by atomic mass is 127. The number of carbonyl (C=O) groups excluding carboxylic acids is 1. The van der Waals surface area contributed by atoms with Gasteiger partial charge in [0.2, 0.25) is 0 Å². The molecule has 1 amide bonds. The van der Waals surface area contributed by atoms with E-state index in [0.717, 1.165) is 24.0 Å². The van der Waals surface area contributed by atoms with E-state index in [1.54, 1.807) is 36.4 Å². The molecule has 0 heterocycles. The lowest BCUT2D eigenvalue weighted by Crippen LogP contribution is -2.25. The van der Waals surface area contributed by atoms with Crippen LogP contribution in [0.15, 0.2) is 65.8 Å². The second kappa shape index (κ2) is 11.5. The van der Waals surface area contributed by atoms with E-state index in [0.29, 0.717) is 22.2 Å². The van der Waals surface area contributed by atoms with Gasteiger partial charge in [0.25, 0.3) is 5.91 Å². The Hall–Kier alpha value is -1.40. The summed E-state index contributed by atoms with van der Waals surface area (Å²) >= 11 is 16.5. The van der Waals surface area contributed by atoms with Gasteiger partial charge in [-0.15, -0.1) is 0 Å². The number of benzene rings is 3. The van der Waals surface area contributed by atoms with Crippen LogP contribution in [0.5, 0.6) is 5.75 Å². The average molecular weight is 681 g/mol. The Morgan fingerprint density at radius 3 is 2.42 bits per heavy atom. The number of aliphatic hydroxyl groups excluding tert-OH is 1. The van der Waals surface area contributed by atoms with Crippen molar-refractivity contribution in [1.82, 2.24) is 5.43 Å². The van der Waals surface area contributed by atoms with Crippen molar-refractivity contribution in [2.75, 3.05) is 0 Å². The first-order valence-corrected chi connectivity index (χ1v) is 11.9.